The molecule has 1 saturated heterocycles. The highest BCUT2D eigenvalue weighted by atomic mass is 19.3. The Hall–Kier alpha value is -3.17. The van der Waals surface area contributed by atoms with Crippen molar-refractivity contribution >= 4 is 17.0 Å². The zero-order chi connectivity index (χ0) is 22.3. The van der Waals surface area contributed by atoms with Crippen LogP contribution in [0.25, 0.3) is 11.2 Å². The SMILES string of the molecule is COc1ccc(Cn2nc(OC(F)F)c3ncc(N4CCC5(CC4)CC5)nc32)c(OC)c1. The standard InChI is InChI=1S/C22H25F2N5O3/c1-30-15-4-3-14(16(11-15)31-2)13-29-19-18(20(27-29)32-21(23)24)25-12-17(26-19)28-9-7-22(5-6-22)8-10-28/h3-4,11-12,21H,5-10,13H2,1-2H3. The number of hydrogen-bond acceptors (Lipinski definition) is 7. The predicted octanol–water partition coefficient (Wildman–Crippen LogP) is 3.87. The highest BCUT2D eigenvalue weighted by molar-refractivity contribution is 5.78. The van der Waals surface area contributed by atoms with Gasteiger partial charge in [-0.1, -0.05) is 0 Å². The first-order valence-electron chi connectivity index (χ1n) is 10.6. The topological polar surface area (TPSA) is 74.5 Å². The smallest absolute Gasteiger partial charge is 0.388 e. The third-order valence-corrected chi connectivity index (χ3v) is 6.52. The lowest BCUT2D eigenvalue weighted by molar-refractivity contribution is -0.0523. The highest BCUT2D eigenvalue weighted by Crippen LogP contribution is 2.53. The normalized spacial score (nSPS) is 17.2. The second-order valence-electron chi connectivity index (χ2n) is 8.41. The van der Waals surface area contributed by atoms with Gasteiger partial charge < -0.3 is 19.1 Å². The van der Waals surface area contributed by atoms with E-state index in [2.05, 4.69) is 19.7 Å². The van der Waals surface area contributed by atoms with Gasteiger partial charge in [-0.2, -0.15) is 8.78 Å². The van der Waals surface area contributed by atoms with Crippen LogP contribution in [0.1, 0.15) is 31.2 Å². The number of alkyl halides is 2. The molecule has 1 aromatic carbocycles. The van der Waals surface area contributed by atoms with Gasteiger partial charge in [-0.25, -0.2) is 14.6 Å². The molecule has 0 atom stereocenters. The predicted molar refractivity (Wildman–Crippen MR) is 114 cm³/mol. The molecule has 2 fully saturated rings. The van der Waals surface area contributed by atoms with E-state index < -0.39 is 6.61 Å². The molecule has 5 rings (SSSR count). The van der Waals surface area contributed by atoms with E-state index in [-0.39, 0.29) is 17.9 Å². The summed E-state index contributed by atoms with van der Waals surface area (Å²) >= 11 is 0. The van der Waals surface area contributed by atoms with Crippen LogP contribution in [-0.4, -0.2) is 53.7 Å². The first kappa shape index (κ1) is 20.7. The van der Waals surface area contributed by atoms with Gasteiger partial charge in [0.15, 0.2) is 11.2 Å². The van der Waals surface area contributed by atoms with Gasteiger partial charge in [0.2, 0.25) is 0 Å². The minimum Gasteiger partial charge on any atom is -0.497 e. The summed E-state index contributed by atoms with van der Waals surface area (Å²) in [6.45, 7) is -0.921. The van der Waals surface area contributed by atoms with Crippen molar-refractivity contribution < 1.29 is 23.0 Å². The van der Waals surface area contributed by atoms with Gasteiger partial charge in [-0.3, -0.25) is 0 Å². The number of aromatic nitrogens is 4. The molecule has 1 saturated carbocycles. The number of piperidine rings is 1. The van der Waals surface area contributed by atoms with Crippen LogP contribution in [0.2, 0.25) is 0 Å². The summed E-state index contributed by atoms with van der Waals surface area (Å²) in [6, 6.07) is 5.41. The van der Waals surface area contributed by atoms with E-state index >= 15 is 0 Å². The summed E-state index contributed by atoms with van der Waals surface area (Å²) in [5, 5.41) is 4.25. The van der Waals surface area contributed by atoms with E-state index in [1.54, 1.807) is 32.5 Å². The van der Waals surface area contributed by atoms with Gasteiger partial charge in [0.05, 0.1) is 27.0 Å². The van der Waals surface area contributed by atoms with Crippen molar-refractivity contribution in [1.29, 1.82) is 0 Å². The molecule has 1 spiro atoms. The van der Waals surface area contributed by atoms with E-state index in [0.717, 1.165) is 37.3 Å². The first-order valence-corrected chi connectivity index (χ1v) is 10.6. The van der Waals surface area contributed by atoms with E-state index in [4.69, 9.17) is 14.5 Å². The third-order valence-electron chi connectivity index (χ3n) is 6.52. The van der Waals surface area contributed by atoms with Crippen LogP contribution in [-0.2, 0) is 6.54 Å². The molecular formula is C22H25F2N5O3. The van der Waals surface area contributed by atoms with Crippen molar-refractivity contribution in [2.75, 3.05) is 32.2 Å². The Balaban J connectivity index is 1.50. The molecule has 3 heterocycles. The number of hydrogen-bond donors (Lipinski definition) is 0. The fourth-order valence-corrected chi connectivity index (χ4v) is 4.36. The maximum atomic E-state index is 13.0. The molecule has 0 radical (unpaired) electrons. The zero-order valence-electron chi connectivity index (χ0n) is 18.1. The fourth-order valence-electron chi connectivity index (χ4n) is 4.36. The van der Waals surface area contributed by atoms with Crippen molar-refractivity contribution in [2.45, 2.75) is 38.8 Å². The lowest BCUT2D eigenvalue weighted by atomic mass is 9.94. The van der Waals surface area contributed by atoms with Gasteiger partial charge in [0.25, 0.3) is 5.88 Å². The van der Waals surface area contributed by atoms with Crippen LogP contribution < -0.4 is 19.1 Å². The fraction of sp³-hybridized carbons (Fsp3) is 0.500. The van der Waals surface area contributed by atoms with Crippen LogP contribution in [0.3, 0.4) is 0 Å². The molecule has 0 bridgehead atoms. The average Bonchev–Trinajstić information content (AvgIpc) is 3.48. The minimum atomic E-state index is -3.00. The van der Waals surface area contributed by atoms with Crippen LogP contribution in [0.5, 0.6) is 17.4 Å². The van der Waals surface area contributed by atoms with Crippen LogP contribution >= 0.6 is 0 Å². The molecule has 8 nitrogen and oxygen atoms in total. The second kappa shape index (κ2) is 8.07. The molecular weight excluding hydrogens is 420 g/mol. The number of anilines is 1. The number of ether oxygens (including phenoxy) is 3. The summed E-state index contributed by atoms with van der Waals surface area (Å²) in [7, 11) is 3.14. The molecule has 0 unspecified atom stereocenters. The Morgan fingerprint density at radius 3 is 2.53 bits per heavy atom. The summed E-state index contributed by atoms with van der Waals surface area (Å²) in [5.41, 5.74) is 1.93. The van der Waals surface area contributed by atoms with Crippen LogP contribution in [0.4, 0.5) is 14.6 Å². The van der Waals surface area contributed by atoms with Crippen LogP contribution in [0, 0.1) is 5.41 Å². The highest BCUT2D eigenvalue weighted by Gasteiger charge is 2.44. The zero-order valence-corrected chi connectivity index (χ0v) is 18.1. The van der Waals surface area contributed by atoms with Crippen LogP contribution in [0.15, 0.2) is 24.4 Å². The Morgan fingerprint density at radius 2 is 1.88 bits per heavy atom. The lowest BCUT2D eigenvalue weighted by Gasteiger charge is -2.32. The Labute approximate surface area is 184 Å². The number of nitrogens with zero attached hydrogens (tertiary/aromatic N) is 5. The molecule has 1 aliphatic carbocycles. The minimum absolute atomic E-state index is 0.206. The largest absolute Gasteiger partial charge is 0.497 e. The molecule has 32 heavy (non-hydrogen) atoms. The molecule has 2 aliphatic rings. The molecule has 0 N–H and O–H groups in total. The maximum Gasteiger partial charge on any atom is 0.388 e. The number of rotatable bonds is 7. The Kier molecular flexibility index (Phi) is 5.22. The molecule has 3 aromatic rings. The van der Waals surface area contributed by atoms with Crippen molar-refractivity contribution in [3.05, 3.63) is 30.0 Å². The molecule has 170 valence electrons. The molecule has 10 heteroatoms. The number of fused-ring (bicyclic) bond motifs is 1. The molecule has 2 aromatic heterocycles. The van der Waals surface area contributed by atoms with Gasteiger partial charge in [-0.05, 0) is 43.2 Å². The Bertz CT molecular complexity index is 1120. The number of halogens is 2. The van der Waals surface area contributed by atoms with Crippen molar-refractivity contribution in [3.8, 4) is 17.4 Å². The van der Waals surface area contributed by atoms with Gasteiger partial charge >= 0.3 is 6.61 Å². The summed E-state index contributed by atoms with van der Waals surface area (Å²) in [5.74, 6) is 1.73. The van der Waals surface area contributed by atoms with Gasteiger partial charge in [0, 0.05) is 24.7 Å². The average molecular weight is 445 g/mol. The number of methoxy groups -OCH3 is 2. The van der Waals surface area contributed by atoms with Crippen molar-refractivity contribution in [3.63, 3.8) is 0 Å². The quantitative estimate of drug-likeness (QED) is 0.547. The van der Waals surface area contributed by atoms with Crippen molar-refractivity contribution in [1.82, 2.24) is 19.7 Å². The van der Waals surface area contributed by atoms with E-state index in [1.165, 1.54) is 17.5 Å². The lowest BCUT2D eigenvalue weighted by Crippen LogP contribution is -2.35. The van der Waals surface area contributed by atoms with Gasteiger partial charge in [0.1, 0.15) is 17.3 Å². The second-order valence-corrected chi connectivity index (χ2v) is 8.41. The Morgan fingerprint density at radius 1 is 1.09 bits per heavy atom. The number of benzene rings is 1. The maximum absolute atomic E-state index is 13.0. The molecule has 1 aliphatic heterocycles. The van der Waals surface area contributed by atoms with Crippen molar-refractivity contribution in [2.24, 2.45) is 5.41 Å². The monoisotopic (exact) mass is 445 g/mol. The third kappa shape index (κ3) is 3.89. The summed E-state index contributed by atoms with van der Waals surface area (Å²) in [6.07, 6.45) is 6.54. The first-order chi connectivity index (χ1) is 15.5. The van der Waals surface area contributed by atoms with E-state index in [9.17, 15) is 8.78 Å². The van der Waals surface area contributed by atoms with E-state index in [1.807, 2.05) is 6.07 Å². The van der Waals surface area contributed by atoms with Gasteiger partial charge in [-0.15, -0.1) is 5.10 Å². The molecule has 0 amide bonds. The van der Waals surface area contributed by atoms with E-state index in [0.29, 0.717) is 22.6 Å². The summed E-state index contributed by atoms with van der Waals surface area (Å²) < 4.78 is 42.8. The summed E-state index contributed by atoms with van der Waals surface area (Å²) in [4.78, 5) is 11.4.